The molecule has 30 heavy (non-hydrogen) atoms. The van der Waals surface area contributed by atoms with Crippen molar-refractivity contribution in [3.8, 4) is 0 Å². The van der Waals surface area contributed by atoms with Gasteiger partial charge in [-0.3, -0.25) is 10.2 Å². The van der Waals surface area contributed by atoms with Crippen LogP contribution in [0.2, 0.25) is 0 Å². The number of hydrogen-bond acceptors (Lipinski definition) is 5. The third-order valence-electron chi connectivity index (χ3n) is 6.33. The Balaban J connectivity index is 1.48. The number of pyridine rings is 2. The van der Waals surface area contributed by atoms with E-state index in [1.807, 2.05) is 0 Å². The van der Waals surface area contributed by atoms with E-state index in [4.69, 9.17) is 4.98 Å². The maximum atomic E-state index is 13.3. The van der Waals surface area contributed by atoms with Crippen molar-refractivity contribution in [2.24, 2.45) is 5.92 Å². The zero-order valence-electron chi connectivity index (χ0n) is 17.2. The van der Waals surface area contributed by atoms with E-state index in [1.54, 1.807) is 4.90 Å². The number of aromatic nitrogens is 2. The minimum atomic E-state index is -0.429. The fourth-order valence-corrected chi connectivity index (χ4v) is 4.87. The predicted octanol–water partition coefficient (Wildman–Crippen LogP) is 3.87. The Morgan fingerprint density at radius 1 is 1.10 bits per heavy atom. The Hall–Kier alpha value is -2.90. The van der Waals surface area contributed by atoms with E-state index in [9.17, 15) is 9.18 Å². The summed E-state index contributed by atoms with van der Waals surface area (Å²) in [6.45, 7) is 6.05. The number of carbonyl (C=O) groups is 1. The van der Waals surface area contributed by atoms with Gasteiger partial charge in [-0.2, -0.15) is 0 Å². The van der Waals surface area contributed by atoms with Gasteiger partial charge in [0.1, 0.15) is 17.5 Å². The Morgan fingerprint density at radius 2 is 1.93 bits per heavy atom. The quantitative estimate of drug-likeness (QED) is 0.814. The van der Waals surface area contributed by atoms with Crippen molar-refractivity contribution in [2.75, 3.05) is 46.2 Å². The van der Waals surface area contributed by atoms with E-state index in [0.717, 1.165) is 63.1 Å². The smallest absolute Gasteiger partial charge is 0.329 e. The van der Waals surface area contributed by atoms with Gasteiger partial charge >= 0.3 is 6.03 Å². The molecule has 0 radical (unpaired) electrons. The minimum Gasteiger partial charge on any atom is -0.366 e. The molecule has 0 aromatic carbocycles. The van der Waals surface area contributed by atoms with E-state index < -0.39 is 5.82 Å². The number of fused-ring (bicyclic) bond motifs is 4. The summed E-state index contributed by atoms with van der Waals surface area (Å²) in [7, 11) is 0. The van der Waals surface area contributed by atoms with Crippen LogP contribution in [0.1, 0.15) is 32.6 Å². The Morgan fingerprint density at radius 3 is 2.73 bits per heavy atom. The van der Waals surface area contributed by atoms with Gasteiger partial charge < -0.3 is 9.80 Å². The first-order valence-corrected chi connectivity index (χ1v) is 10.8. The SMILES string of the molecule is CC1CCCN(c2ccc3c(n2)N(C(=O)Nc2ccc(F)cn2)[C@@H]2CCCN3C2)C1. The maximum Gasteiger partial charge on any atom is 0.329 e. The molecule has 2 fully saturated rings. The molecule has 5 rings (SSSR count). The van der Waals surface area contributed by atoms with E-state index in [0.29, 0.717) is 17.6 Å². The molecule has 8 heteroatoms. The highest BCUT2D eigenvalue weighted by Crippen LogP contribution is 2.39. The molecule has 2 bridgehead atoms. The highest BCUT2D eigenvalue weighted by atomic mass is 19.1. The van der Waals surface area contributed by atoms with E-state index >= 15 is 0 Å². The number of carbonyl (C=O) groups excluding carboxylic acids is 1. The lowest BCUT2D eigenvalue weighted by Gasteiger charge is -2.46. The van der Waals surface area contributed by atoms with Crippen molar-refractivity contribution in [1.29, 1.82) is 0 Å². The number of anilines is 4. The standard InChI is InChI=1S/C22H27FN6O/c1-15-4-2-11-28(13-15)20-9-7-18-21(26-20)29(17-5-3-10-27(18)14-17)22(30)25-19-8-6-16(23)12-24-19/h6-9,12,15,17H,2-5,10-11,13-14H2,1H3,(H,24,25,30)/t15?,17-/m1/s1. The number of amides is 2. The molecule has 7 nitrogen and oxygen atoms in total. The van der Waals surface area contributed by atoms with Gasteiger partial charge in [0.05, 0.1) is 17.9 Å². The summed E-state index contributed by atoms with van der Waals surface area (Å²) in [5.41, 5.74) is 1.00. The van der Waals surface area contributed by atoms with Gasteiger partial charge in [-0.05, 0) is 55.9 Å². The lowest BCUT2D eigenvalue weighted by Crippen LogP contribution is -2.56. The van der Waals surface area contributed by atoms with Crippen molar-refractivity contribution in [3.05, 3.63) is 36.3 Å². The zero-order chi connectivity index (χ0) is 20.7. The van der Waals surface area contributed by atoms with Gasteiger partial charge in [0, 0.05) is 26.2 Å². The van der Waals surface area contributed by atoms with Crippen LogP contribution in [0.4, 0.5) is 32.3 Å². The molecule has 0 saturated carbocycles. The van der Waals surface area contributed by atoms with Gasteiger partial charge in [-0.15, -0.1) is 0 Å². The molecule has 2 aromatic rings. The van der Waals surface area contributed by atoms with Gasteiger partial charge in [-0.1, -0.05) is 6.92 Å². The highest BCUT2D eigenvalue weighted by Gasteiger charge is 2.38. The predicted molar refractivity (Wildman–Crippen MR) is 116 cm³/mol. The van der Waals surface area contributed by atoms with E-state index in [-0.39, 0.29) is 12.1 Å². The molecule has 2 saturated heterocycles. The lowest BCUT2D eigenvalue weighted by molar-refractivity contribution is 0.252. The second-order valence-electron chi connectivity index (χ2n) is 8.61. The summed E-state index contributed by atoms with van der Waals surface area (Å²) < 4.78 is 13.2. The third kappa shape index (κ3) is 3.55. The van der Waals surface area contributed by atoms with Crippen molar-refractivity contribution in [2.45, 2.75) is 38.6 Å². The largest absolute Gasteiger partial charge is 0.366 e. The van der Waals surface area contributed by atoms with Gasteiger partial charge in [0.2, 0.25) is 0 Å². The third-order valence-corrected chi connectivity index (χ3v) is 6.33. The van der Waals surface area contributed by atoms with Crippen LogP contribution in [-0.4, -0.2) is 48.2 Å². The fourth-order valence-electron chi connectivity index (χ4n) is 4.87. The Kier molecular flexibility index (Phi) is 4.92. The highest BCUT2D eigenvalue weighted by molar-refractivity contribution is 6.04. The summed E-state index contributed by atoms with van der Waals surface area (Å²) in [4.78, 5) is 28.7. The summed E-state index contributed by atoms with van der Waals surface area (Å²) >= 11 is 0. The first-order chi connectivity index (χ1) is 14.6. The molecule has 0 spiro atoms. The first-order valence-electron chi connectivity index (χ1n) is 10.8. The molecule has 2 atom stereocenters. The molecule has 3 aliphatic rings. The molecule has 2 aromatic heterocycles. The number of piperidine rings is 2. The molecule has 0 aliphatic carbocycles. The molecular formula is C22H27FN6O. The second-order valence-corrected chi connectivity index (χ2v) is 8.61. The fraction of sp³-hybridized carbons (Fsp3) is 0.500. The van der Waals surface area contributed by atoms with Crippen molar-refractivity contribution < 1.29 is 9.18 Å². The molecule has 3 aliphatic heterocycles. The normalized spacial score (nSPS) is 23.2. The van der Waals surface area contributed by atoms with Crippen LogP contribution in [0, 0.1) is 11.7 Å². The summed E-state index contributed by atoms with van der Waals surface area (Å²) in [5, 5.41) is 2.83. The minimum absolute atomic E-state index is 0.0646. The summed E-state index contributed by atoms with van der Waals surface area (Å²) in [6.07, 6.45) is 5.49. The number of nitrogens with zero attached hydrogens (tertiary/aromatic N) is 5. The molecule has 2 amide bonds. The average molecular weight is 410 g/mol. The van der Waals surface area contributed by atoms with Crippen molar-refractivity contribution in [1.82, 2.24) is 9.97 Å². The number of urea groups is 1. The molecule has 5 heterocycles. The van der Waals surface area contributed by atoms with Crippen LogP contribution in [0.15, 0.2) is 30.5 Å². The lowest BCUT2D eigenvalue weighted by atomic mass is 9.99. The van der Waals surface area contributed by atoms with Crippen molar-refractivity contribution >= 4 is 29.2 Å². The zero-order valence-corrected chi connectivity index (χ0v) is 17.2. The van der Waals surface area contributed by atoms with Crippen LogP contribution < -0.4 is 20.0 Å². The Labute approximate surface area is 175 Å². The second kappa shape index (κ2) is 7.74. The van der Waals surface area contributed by atoms with Crippen LogP contribution in [0.5, 0.6) is 0 Å². The number of hydrogen-bond donors (Lipinski definition) is 1. The molecule has 1 N–H and O–H groups in total. The van der Waals surface area contributed by atoms with Crippen LogP contribution in [-0.2, 0) is 0 Å². The number of halogens is 1. The number of rotatable bonds is 2. The van der Waals surface area contributed by atoms with Gasteiger partial charge in [0.15, 0.2) is 5.82 Å². The molecular weight excluding hydrogens is 383 g/mol. The van der Waals surface area contributed by atoms with E-state index in [2.05, 4.69) is 39.2 Å². The van der Waals surface area contributed by atoms with Crippen LogP contribution in [0.3, 0.4) is 0 Å². The topological polar surface area (TPSA) is 64.6 Å². The van der Waals surface area contributed by atoms with E-state index in [1.165, 1.54) is 18.6 Å². The first kappa shape index (κ1) is 19.1. The monoisotopic (exact) mass is 410 g/mol. The number of nitrogens with one attached hydrogen (secondary N) is 1. The van der Waals surface area contributed by atoms with Crippen LogP contribution in [0.25, 0.3) is 0 Å². The molecule has 158 valence electrons. The average Bonchev–Trinajstić information content (AvgIpc) is 2.75. The van der Waals surface area contributed by atoms with Gasteiger partial charge in [-0.25, -0.2) is 19.2 Å². The van der Waals surface area contributed by atoms with Crippen molar-refractivity contribution in [3.63, 3.8) is 0 Å². The van der Waals surface area contributed by atoms with Gasteiger partial charge in [0.25, 0.3) is 0 Å². The molecule has 1 unspecified atom stereocenters. The maximum absolute atomic E-state index is 13.3. The van der Waals surface area contributed by atoms with Crippen LogP contribution >= 0.6 is 0 Å². The Bertz CT molecular complexity index is 936. The summed E-state index contributed by atoms with van der Waals surface area (Å²) in [6, 6.07) is 6.76. The summed E-state index contributed by atoms with van der Waals surface area (Å²) in [5.74, 6) is 2.19.